The SMILES string of the molecule is Cc1occc1-c1nn(CN2CCN(c3ccccc3)CC2)c(=S)n1Cc1ccccc1. The second kappa shape index (κ2) is 9.14. The van der Waals surface area contributed by atoms with Gasteiger partial charge in [-0.3, -0.25) is 9.47 Å². The number of benzene rings is 2. The fraction of sp³-hybridized carbons (Fsp3) is 0.280. The number of nitrogens with zero attached hydrogens (tertiary/aromatic N) is 5. The number of hydrogen-bond donors (Lipinski definition) is 0. The molecule has 0 N–H and O–H groups in total. The van der Waals surface area contributed by atoms with Gasteiger partial charge in [-0.2, -0.15) is 5.10 Å². The Bertz CT molecular complexity index is 1220. The van der Waals surface area contributed by atoms with Crippen molar-refractivity contribution in [1.29, 1.82) is 0 Å². The van der Waals surface area contributed by atoms with Gasteiger partial charge in [-0.25, -0.2) is 4.68 Å². The monoisotopic (exact) mass is 445 g/mol. The van der Waals surface area contributed by atoms with Crippen LogP contribution in [0.2, 0.25) is 0 Å². The Hall–Kier alpha value is -3.16. The highest BCUT2D eigenvalue weighted by Crippen LogP contribution is 2.25. The van der Waals surface area contributed by atoms with Crippen molar-refractivity contribution in [3.05, 3.63) is 89.1 Å². The summed E-state index contributed by atoms with van der Waals surface area (Å²) in [6.07, 6.45) is 1.71. The van der Waals surface area contributed by atoms with Gasteiger partial charge in [0.05, 0.1) is 25.0 Å². The molecule has 1 aliphatic heterocycles. The van der Waals surface area contributed by atoms with Crippen LogP contribution in [0.15, 0.2) is 77.4 Å². The molecule has 1 saturated heterocycles. The molecule has 1 fully saturated rings. The quantitative estimate of drug-likeness (QED) is 0.399. The van der Waals surface area contributed by atoms with Crippen molar-refractivity contribution in [3.63, 3.8) is 0 Å². The first kappa shape index (κ1) is 20.7. The van der Waals surface area contributed by atoms with Gasteiger partial charge < -0.3 is 9.32 Å². The molecule has 7 heteroatoms. The largest absolute Gasteiger partial charge is 0.469 e. The Labute approximate surface area is 193 Å². The van der Waals surface area contributed by atoms with E-state index < -0.39 is 0 Å². The molecule has 5 rings (SSSR count). The van der Waals surface area contributed by atoms with E-state index in [4.69, 9.17) is 21.7 Å². The maximum absolute atomic E-state index is 5.89. The molecule has 0 radical (unpaired) electrons. The summed E-state index contributed by atoms with van der Waals surface area (Å²) < 4.78 is 10.4. The number of aromatic nitrogens is 3. The van der Waals surface area contributed by atoms with Gasteiger partial charge in [0.2, 0.25) is 0 Å². The lowest BCUT2D eigenvalue weighted by Crippen LogP contribution is -2.47. The molecule has 0 bridgehead atoms. The molecule has 0 amide bonds. The predicted molar refractivity (Wildman–Crippen MR) is 129 cm³/mol. The van der Waals surface area contributed by atoms with E-state index in [1.807, 2.05) is 23.7 Å². The van der Waals surface area contributed by atoms with Crippen LogP contribution in [0.5, 0.6) is 0 Å². The predicted octanol–water partition coefficient (Wildman–Crippen LogP) is 4.81. The normalized spacial score (nSPS) is 14.7. The van der Waals surface area contributed by atoms with Crippen LogP contribution in [0.3, 0.4) is 0 Å². The summed E-state index contributed by atoms with van der Waals surface area (Å²) >= 11 is 5.89. The first-order valence-electron chi connectivity index (χ1n) is 11.0. The molecule has 32 heavy (non-hydrogen) atoms. The molecule has 0 saturated carbocycles. The van der Waals surface area contributed by atoms with E-state index in [-0.39, 0.29) is 0 Å². The Morgan fingerprint density at radius 1 is 0.906 bits per heavy atom. The highest BCUT2D eigenvalue weighted by molar-refractivity contribution is 7.71. The third-order valence-electron chi connectivity index (χ3n) is 6.03. The van der Waals surface area contributed by atoms with E-state index in [1.54, 1.807) is 6.26 Å². The van der Waals surface area contributed by atoms with E-state index in [0.29, 0.717) is 13.2 Å². The Kier molecular flexibility index (Phi) is 5.92. The number of anilines is 1. The second-order valence-corrected chi connectivity index (χ2v) is 8.52. The molecule has 0 aliphatic carbocycles. The topological polar surface area (TPSA) is 42.4 Å². The number of para-hydroxylation sites is 1. The van der Waals surface area contributed by atoms with E-state index in [0.717, 1.165) is 48.1 Å². The summed E-state index contributed by atoms with van der Waals surface area (Å²) in [6.45, 7) is 7.28. The van der Waals surface area contributed by atoms with Gasteiger partial charge >= 0.3 is 0 Å². The van der Waals surface area contributed by atoms with Crippen molar-refractivity contribution in [1.82, 2.24) is 19.2 Å². The molecule has 0 unspecified atom stereocenters. The third kappa shape index (κ3) is 4.26. The first-order chi connectivity index (χ1) is 15.7. The molecule has 164 valence electrons. The average molecular weight is 446 g/mol. The molecule has 0 atom stereocenters. The van der Waals surface area contributed by atoms with Gasteiger partial charge in [-0.15, -0.1) is 0 Å². The Morgan fingerprint density at radius 2 is 1.59 bits per heavy atom. The Balaban J connectivity index is 1.38. The van der Waals surface area contributed by atoms with Crippen molar-refractivity contribution in [3.8, 4) is 11.4 Å². The zero-order valence-electron chi connectivity index (χ0n) is 18.2. The minimum atomic E-state index is 0.682. The smallest absolute Gasteiger partial charge is 0.199 e. The summed E-state index contributed by atoms with van der Waals surface area (Å²) in [5.74, 6) is 1.70. The number of piperazine rings is 1. The molecular weight excluding hydrogens is 418 g/mol. The standard InChI is InChI=1S/C25H27N5OS/c1-20-23(12-17-31-20)24-26-30(25(32)29(24)18-21-8-4-2-5-9-21)19-27-13-15-28(16-14-27)22-10-6-3-7-11-22/h2-12,17H,13-16,18-19H2,1H3. The third-order valence-corrected chi connectivity index (χ3v) is 6.46. The fourth-order valence-corrected chi connectivity index (χ4v) is 4.48. The lowest BCUT2D eigenvalue weighted by molar-refractivity contribution is 0.194. The van der Waals surface area contributed by atoms with Crippen molar-refractivity contribution < 1.29 is 4.42 Å². The van der Waals surface area contributed by atoms with Crippen LogP contribution in [0.25, 0.3) is 11.4 Å². The van der Waals surface area contributed by atoms with E-state index in [2.05, 4.69) is 69.0 Å². The van der Waals surface area contributed by atoms with E-state index in [1.165, 1.54) is 11.3 Å². The van der Waals surface area contributed by atoms with Gasteiger partial charge in [-0.1, -0.05) is 48.5 Å². The van der Waals surface area contributed by atoms with E-state index >= 15 is 0 Å². The minimum absolute atomic E-state index is 0.682. The first-order valence-corrected chi connectivity index (χ1v) is 11.4. The van der Waals surface area contributed by atoms with Gasteiger partial charge in [0.15, 0.2) is 10.6 Å². The Morgan fingerprint density at radius 3 is 2.25 bits per heavy atom. The summed E-state index contributed by atoms with van der Waals surface area (Å²) in [5.41, 5.74) is 3.47. The number of rotatable bonds is 6. The second-order valence-electron chi connectivity index (χ2n) is 8.15. The summed E-state index contributed by atoms with van der Waals surface area (Å²) in [7, 11) is 0. The zero-order valence-corrected chi connectivity index (χ0v) is 19.0. The van der Waals surface area contributed by atoms with Crippen LogP contribution < -0.4 is 4.90 Å². The maximum atomic E-state index is 5.89. The number of hydrogen-bond acceptors (Lipinski definition) is 5. The van der Waals surface area contributed by atoms with Crippen molar-refractivity contribution >= 4 is 17.9 Å². The van der Waals surface area contributed by atoms with Crippen LogP contribution in [-0.2, 0) is 13.2 Å². The van der Waals surface area contributed by atoms with Crippen molar-refractivity contribution in [2.45, 2.75) is 20.1 Å². The van der Waals surface area contributed by atoms with Gasteiger partial charge in [0.1, 0.15) is 5.76 Å². The van der Waals surface area contributed by atoms with Gasteiger partial charge in [-0.05, 0) is 42.9 Å². The maximum Gasteiger partial charge on any atom is 0.199 e. The van der Waals surface area contributed by atoms with Crippen molar-refractivity contribution in [2.75, 3.05) is 31.1 Å². The highest BCUT2D eigenvalue weighted by Gasteiger charge is 2.21. The number of furan rings is 1. The van der Waals surface area contributed by atoms with E-state index in [9.17, 15) is 0 Å². The van der Waals surface area contributed by atoms with Crippen molar-refractivity contribution in [2.24, 2.45) is 0 Å². The molecular formula is C25H27N5OS. The summed E-state index contributed by atoms with van der Waals surface area (Å²) in [5, 5.41) is 4.94. The average Bonchev–Trinajstić information content (AvgIpc) is 3.39. The van der Waals surface area contributed by atoms with Crippen LogP contribution in [0.1, 0.15) is 11.3 Å². The minimum Gasteiger partial charge on any atom is -0.469 e. The lowest BCUT2D eigenvalue weighted by atomic mass is 10.2. The molecule has 3 heterocycles. The molecule has 4 aromatic rings. The van der Waals surface area contributed by atoms with Gasteiger partial charge in [0, 0.05) is 31.9 Å². The highest BCUT2D eigenvalue weighted by atomic mass is 32.1. The summed E-state index contributed by atoms with van der Waals surface area (Å²) in [4.78, 5) is 4.85. The molecule has 6 nitrogen and oxygen atoms in total. The fourth-order valence-electron chi connectivity index (χ4n) is 4.23. The summed E-state index contributed by atoms with van der Waals surface area (Å²) in [6, 6.07) is 23.0. The molecule has 1 aliphatic rings. The van der Waals surface area contributed by atoms with Gasteiger partial charge in [0.25, 0.3) is 0 Å². The molecule has 0 spiro atoms. The van der Waals surface area contributed by atoms with Crippen LogP contribution in [-0.4, -0.2) is 45.4 Å². The number of aryl methyl sites for hydroxylation is 1. The van der Waals surface area contributed by atoms with Crippen LogP contribution in [0.4, 0.5) is 5.69 Å². The van der Waals surface area contributed by atoms with Crippen LogP contribution in [0, 0.1) is 11.7 Å². The zero-order chi connectivity index (χ0) is 21.9. The lowest BCUT2D eigenvalue weighted by Gasteiger charge is -2.35. The molecule has 2 aromatic carbocycles. The molecule has 2 aromatic heterocycles. The van der Waals surface area contributed by atoms with Crippen LogP contribution >= 0.6 is 12.2 Å².